The maximum atomic E-state index is 5.35. The molecule has 2 aliphatic rings. The molecular weight excluding hydrogens is 252 g/mol. The van der Waals surface area contributed by atoms with Gasteiger partial charge in [-0.15, -0.1) is 0 Å². The van der Waals surface area contributed by atoms with Gasteiger partial charge in [-0.25, -0.2) is 0 Å². The topological polar surface area (TPSA) is 33.7 Å². The zero-order valence-electron chi connectivity index (χ0n) is 12.4. The maximum absolute atomic E-state index is 5.35. The Morgan fingerprint density at radius 3 is 2.55 bits per heavy atom. The van der Waals surface area contributed by atoms with Crippen LogP contribution in [-0.4, -0.2) is 44.8 Å². The van der Waals surface area contributed by atoms with Gasteiger partial charge in [0.05, 0.1) is 14.2 Å². The van der Waals surface area contributed by atoms with E-state index in [2.05, 4.69) is 22.3 Å². The molecule has 0 aliphatic carbocycles. The lowest BCUT2D eigenvalue weighted by Crippen LogP contribution is -2.40. The van der Waals surface area contributed by atoms with Crippen LogP contribution in [0.3, 0.4) is 0 Å². The molecule has 2 aliphatic heterocycles. The predicted molar refractivity (Wildman–Crippen MR) is 79.3 cm³/mol. The molecule has 0 amide bonds. The minimum absolute atomic E-state index is 0.691. The number of methoxy groups -OCH3 is 2. The minimum atomic E-state index is 0.691. The first kappa shape index (κ1) is 13.7. The highest BCUT2D eigenvalue weighted by atomic mass is 16.5. The highest BCUT2D eigenvalue weighted by Crippen LogP contribution is 2.28. The van der Waals surface area contributed by atoms with E-state index in [1.54, 1.807) is 14.2 Å². The van der Waals surface area contributed by atoms with Gasteiger partial charge in [0, 0.05) is 31.7 Å². The Morgan fingerprint density at radius 2 is 1.90 bits per heavy atom. The van der Waals surface area contributed by atoms with Gasteiger partial charge >= 0.3 is 0 Å². The van der Waals surface area contributed by atoms with Gasteiger partial charge in [-0.2, -0.15) is 0 Å². The third-order valence-corrected chi connectivity index (χ3v) is 4.49. The Kier molecular flexibility index (Phi) is 4.13. The van der Waals surface area contributed by atoms with E-state index in [-0.39, 0.29) is 0 Å². The van der Waals surface area contributed by atoms with Crippen molar-refractivity contribution in [2.45, 2.75) is 25.4 Å². The Balaban J connectivity index is 1.68. The van der Waals surface area contributed by atoms with Gasteiger partial charge in [0.1, 0.15) is 11.5 Å². The first-order valence-electron chi connectivity index (χ1n) is 7.46. The van der Waals surface area contributed by atoms with Crippen molar-refractivity contribution in [3.8, 4) is 11.5 Å². The fraction of sp³-hybridized carbons (Fsp3) is 0.625. The van der Waals surface area contributed by atoms with Gasteiger partial charge in [0.15, 0.2) is 0 Å². The smallest absolute Gasteiger partial charge is 0.122 e. The van der Waals surface area contributed by atoms with Crippen molar-refractivity contribution in [1.29, 1.82) is 0 Å². The number of piperidine rings is 1. The van der Waals surface area contributed by atoms with Crippen LogP contribution in [-0.2, 0) is 6.54 Å². The molecule has 20 heavy (non-hydrogen) atoms. The monoisotopic (exact) mass is 276 g/mol. The van der Waals surface area contributed by atoms with Gasteiger partial charge in [-0.1, -0.05) is 0 Å². The molecular formula is C16H24N2O2. The lowest BCUT2D eigenvalue weighted by Gasteiger charge is -2.24. The van der Waals surface area contributed by atoms with E-state index in [1.807, 2.05) is 6.07 Å². The van der Waals surface area contributed by atoms with Crippen LogP contribution in [0.25, 0.3) is 0 Å². The molecule has 2 heterocycles. The number of fused-ring (bicyclic) bond motifs is 1. The van der Waals surface area contributed by atoms with Crippen LogP contribution in [0.2, 0.25) is 0 Å². The molecule has 0 bridgehead atoms. The summed E-state index contributed by atoms with van der Waals surface area (Å²) in [5, 5.41) is 3.65. The number of likely N-dealkylation sites (tertiary alicyclic amines) is 1. The zero-order valence-corrected chi connectivity index (χ0v) is 12.4. The second kappa shape index (κ2) is 6.02. The molecule has 0 aromatic heterocycles. The molecule has 110 valence electrons. The van der Waals surface area contributed by atoms with Crippen molar-refractivity contribution >= 4 is 0 Å². The number of ether oxygens (including phenoxy) is 2. The third kappa shape index (κ3) is 2.91. The standard InChI is InChI=1S/C16H24N2O2/c1-19-14-6-12(7-15(8-14)20-2)9-18-10-13-4-3-5-17-16(13)11-18/h6-8,13,16-17H,3-5,9-11H2,1-2H3/t13-,16+/m0/s1. The molecule has 0 radical (unpaired) electrons. The summed E-state index contributed by atoms with van der Waals surface area (Å²) in [4.78, 5) is 2.54. The van der Waals surface area contributed by atoms with Crippen LogP contribution >= 0.6 is 0 Å². The highest BCUT2D eigenvalue weighted by molar-refractivity contribution is 5.38. The van der Waals surface area contributed by atoms with E-state index in [4.69, 9.17) is 9.47 Å². The summed E-state index contributed by atoms with van der Waals surface area (Å²) in [5.74, 6) is 2.57. The number of hydrogen-bond acceptors (Lipinski definition) is 4. The second-order valence-electron chi connectivity index (χ2n) is 5.88. The molecule has 1 aromatic carbocycles. The third-order valence-electron chi connectivity index (χ3n) is 4.49. The summed E-state index contributed by atoms with van der Waals surface area (Å²) in [6.07, 6.45) is 2.69. The zero-order chi connectivity index (χ0) is 13.9. The van der Waals surface area contributed by atoms with Crippen molar-refractivity contribution in [3.63, 3.8) is 0 Å². The normalized spacial score (nSPS) is 26.3. The number of nitrogens with one attached hydrogen (secondary N) is 1. The Labute approximate surface area is 121 Å². The van der Waals surface area contributed by atoms with Gasteiger partial charge in [0.2, 0.25) is 0 Å². The highest BCUT2D eigenvalue weighted by Gasteiger charge is 2.33. The summed E-state index contributed by atoms with van der Waals surface area (Å²) in [6, 6.07) is 6.83. The molecule has 1 N–H and O–H groups in total. The van der Waals surface area contributed by atoms with Gasteiger partial charge < -0.3 is 14.8 Å². The molecule has 3 rings (SSSR count). The van der Waals surface area contributed by atoms with Crippen molar-refractivity contribution in [1.82, 2.24) is 10.2 Å². The first-order chi connectivity index (χ1) is 9.78. The summed E-state index contributed by atoms with van der Waals surface area (Å²) in [6.45, 7) is 4.52. The molecule has 0 spiro atoms. The van der Waals surface area contributed by atoms with Gasteiger partial charge in [-0.3, -0.25) is 4.90 Å². The van der Waals surface area contributed by atoms with E-state index < -0.39 is 0 Å². The van der Waals surface area contributed by atoms with E-state index >= 15 is 0 Å². The van der Waals surface area contributed by atoms with Crippen LogP contribution < -0.4 is 14.8 Å². The van der Waals surface area contributed by atoms with Crippen molar-refractivity contribution in [2.24, 2.45) is 5.92 Å². The van der Waals surface area contributed by atoms with Gasteiger partial charge in [-0.05, 0) is 43.0 Å². The van der Waals surface area contributed by atoms with Crippen LogP contribution in [0.5, 0.6) is 11.5 Å². The summed E-state index contributed by atoms with van der Waals surface area (Å²) < 4.78 is 10.7. The van der Waals surface area contributed by atoms with Crippen molar-refractivity contribution < 1.29 is 9.47 Å². The molecule has 1 aromatic rings. The number of nitrogens with zero attached hydrogens (tertiary/aromatic N) is 1. The van der Waals surface area contributed by atoms with E-state index in [0.717, 1.165) is 30.5 Å². The summed E-state index contributed by atoms with van der Waals surface area (Å²) in [5.41, 5.74) is 1.26. The van der Waals surface area contributed by atoms with Crippen LogP contribution in [0.15, 0.2) is 18.2 Å². The van der Waals surface area contributed by atoms with Crippen molar-refractivity contribution in [2.75, 3.05) is 33.9 Å². The molecule has 2 saturated heterocycles. The van der Waals surface area contributed by atoms with E-state index in [9.17, 15) is 0 Å². The van der Waals surface area contributed by atoms with Crippen LogP contribution in [0.1, 0.15) is 18.4 Å². The lowest BCUT2D eigenvalue weighted by molar-refractivity contribution is 0.311. The molecule has 2 fully saturated rings. The lowest BCUT2D eigenvalue weighted by atomic mass is 9.94. The molecule has 0 unspecified atom stereocenters. The predicted octanol–water partition coefficient (Wildman–Crippen LogP) is 1.89. The Bertz CT molecular complexity index is 428. The molecule has 2 atom stereocenters. The fourth-order valence-corrected chi connectivity index (χ4v) is 3.48. The van der Waals surface area contributed by atoms with Gasteiger partial charge in [0.25, 0.3) is 0 Å². The van der Waals surface area contributed by atoms with Crippen LogP contribution in [0.4, 0.5) is 0 Å². The largest absolute Gasteiger partial charge is 0.497 e. The number of rotatable bonds is 4. The minimum Gasteiger partial charge on any atom is -0.497 e. The summed E-state index contributed by atoms with van der Waals surface area (Å²) in [7, 11) is 3.40. The Morgan fingerprint density at radius 1 is 1.15 bits per heavy atom. The Hall–Kier alpha value is -1.26. The molecule has 4 heteroatoms. The number of hydrogen-bond donors (Lipinski definition) is 1. The second-order valence-corrected chi connectivity index (χ2v) is 5.88. The number of benzene rings is 1. The quantitative estimate of drug-likeness (QED) is 0.910. The maximum Gasteiger partial charge on any atom is 0.122 e. The van der Waals surface area contributed by atoms with E-state index in [0.29, 0.717) is 6.04 Å². The molecule has 4 nitrogen and oxygen atoms in total. The summed E-state index contributed by atoms with van der Waals surface area (Å²) >= 11 is 0. The van der Waals surface area contributed by atoms with Crippen LogP contribution in [0, 0.1) is 5.92 Å². The average molecular weight is 276 g/mol. The fourth-order valence-electron chi connectivity index (χ4n) is 3.48. The average Bonchev–Trinajstić information content (AvgIpc) is 2.88. The molecule has 0 saturated carbocycles. The SMILES string of the molecule is COc1cc(CN2C[C@@H]3CCCN[C@@H]3C2)cc(OC)c1. The van der Waals surface area contributed by atoms with E-state index in [1.165, 1.54) is 31.5 Å². The first-order valence-corrected chi connectivity index (χ1v) is 7.46. The van der Waals surface area contributed by atoms with Crippen molar-refractivity contribution in [3.05, 3.63) is 23.8 Å².